The van der Waals surface area contributed by atoms with Gasteiger partial charge in [-0.15, -0.1) is 0 Å². The van der Waals surface area contributed by atoms with E-state index in [4.69, 9.17) is 4.74 Å². The lowest BCUT2D eigenvalue weighted by Crippen LogP contribution is -1.99. The maximum Gasteiger partial charge on any atom is 0.118 e. The minimum Gasteiger partial charge on any atom is -0.497 e. The van der Waals surface area contributed by atoms with E-state index in [-0.39, 0.29) is 0 Å². The van der Waals surface area contributed by atoms with Gasteiger partial charge in [0.15, 0.2) is 0 Å². The van der Waals surface area contributed by atoms with Gasteiger partial charge in [-0.1, -0.05) is 12.1 Å². The molecule has 1 N–H and O–H groups in total. The Kier molecular flexibility index (Phi) is 3.60. The van der Waals surface area contributed by atoms with Crippen molar-refractivity contribution in [3.8, 4) is 5.75 Å². The highest BCUT2D eigenvalue weighted by atomic mass is 16.5. The molecular formula is C14H16N2O. The molecular weight excluding hydrogens is 212 g/mol. The third-order valence-electron chi connectivity index (χ3n) is 2.53. The highest BCUT2D eigenvalue weighted by molar-refractivity contribution is 5.43. The predicted octanol–water partition coefficient (Wildman–Crippen LogP) is 3.01. The lowest BCUT2D eigenvalue weighted by atomic mass is 10.2. The third kappa shape index (κ3) is 3.21. The van der Waals surface area contributed by atoms with E-state index in [0.717, 1.165) is 23.5 Å². The number of pyridine rings is 1. The average molecular weight is 228 g/mol. The van der Waals surface area contributed by atoms with Crippen LogP contribution in [0.15, 0.2) is 42.7 Å². The number of nitrogens with one attached hydrogen (secondary N) is 1. The number of hydrogen-bond acceptors (Lipinski definition) is 3. The summed E-state index contributed by atoms with van der Waals surface area (Å²) in [6.07, 6.45) is 3.68. The number of nitrogens with zero attached hydrogens (tertiary/aromatic N) is 1. The fourth-order valence-corrected chi connectivity index (χ4v) is 1.60. The fraction of sp³-hybridized carbons (Fsp3) is 0.214. The van der Waals surface area contributed by atoms with Crippen LogP contribution in [0.1, 0.15) is 11.1 Å². The average Bonchev–Trinajstić information content (AvgIpc) is 2.37. The molecule has 3 heteroatoms. The highest BCUT2D eigenvalue weighted by Gasteiger charge is 1.96. The summed E-state index contributed by atoms with van der Waals surface area (Å²) in [4.78, 5) is 4.14. The Hall–Kier alpha value is -2.03. The van der Waals surface area contributed by atoms with Crippen LogP contribution in [0, 0.1) is 6.92 Å². The smallest absolute Gasteiger partial charge is 0.118 e. The SMILES string of the molecule is COc1ccc(CNc2cncc(C)c2)cc1. The van der Waals surface area contributed by atoms with Gasteiger partial charge in [-0.2, -0.15) is 0 Å². The van der Waals surface area contributed by atoms with Crippen LogP contribution < -0.4 is 10.1 Å². The van der Waals surface area contributed by atoms with Gasteiger partial charge in [-0.3, -0.25) is 4.98 Å². The lowest BCUT2D eigenvalue weighted by molar-refractivity contribution is 0.414. The third-order valence-corrected chi connectivity index (χ3v) is 2.53. The first-order chi connectivity index (χ1) is 8.28. The number of rotatable bonds is 4. The molecule has 3 nitrogen and oxygen atoms in total. The van der Waals surface area contributed by atoms with E-state index in [1.165, 1.54) is 5.56 Å². The quantitative estimate of drug-likeness (QED) is 0.873. The van der Waals surface area contributed by atoms with E-state index in [0.29, 0.717) is 0 Å². The summed E-state index contributed by atoms with van der Waals surface area (Å²) in [5.74, 6) is 0.881. The van der Waals surface area contributed by atoms with Gasteiger partial charge >= 0.3 is 0 Å². The second-order valence-electron chi connectivity index (χ2n) is 3.95. The molecule has 0 fully saturated rings. The number of hydrogen-bond donors (Lipinski definition) is 1. The molecule has 17 heavy (non-hydrogen) atoms. The van der Waals surface area contributed by atoms with Gasteiger partial charge in [-0.05, 0) is 36.2 Å². The first-order valence-electron chi connectivity index (χ1n) is 5.56. The van der Waals surface area contributed by atoms with Crippen molar-refractivity contribution < 1.29 is 4.74 Å². The fourth-order valence-electron chi connectivity index (χ4n) is 1.60. The molecule has 0 unspecified atom stereocenters. The first-order valence-corrected chi connectivity index (χ1v) is 5.56. The van der Waals surface area contributed by atoms with Crippen molar-refractivity contribution in [1.29, 1.82) is 0 Å². The summed E-state index contributed by atoms with van der Waals surface area (Å²) in [5, 5.41) is 3.34. The van der Waals surface area contributed by atoms with Gasteiger partial charge in [0.1, 0.15) is 5.75 Å². The van der Waals surface area contributed by atoms with E-state index >= 15 is 0 Å². The summed E-state index contributed by atoms with van der Waals surface area (Å²) in [6.45, 7) is 2.82. The van der Waals surface area contributed by atoms with Crippen LogP contribution in [0.5, 0.6) is 5.75 Å². The van der Waals surface area contributed by atoms with E-state index in [1.54, 1.807) is 7.11 Å². The van der Waals surface area contributed by atoms with Crippen molar-refractivity contribution in [2.45, 2.75) is 13.5 Å². The van der Waals surface area contributed by atoms with Gasteiger partial charge in [0.2, 0.25) is 0 Å². The van der Waals surface area contributed by atoms with Crippen molar-refractivity contribution in [2.75, 3.05) is 12.4 Å². The van der Waals surface area contributed by atoms with Gasteiger partial charge in [0.25, 0.3) is 0 Å². The van der Waals surface area contributed by atoms with Crippen LogP contribution in [-0.2, 0) is 6.54 Å². The van der Waals surface area contributed by atoms with Crippen LogP contribution in [0.2, 0.25) is 0 Å². The maximum absolute atomic E-state index is 5.12. The molecule has 88 valence electrons. The van der Waals surface area contributed by atoms with E-state index in [2.05, 4.69) is 28.5 Å². The Morgan fingerprint density at radius 2 is 1.94 bits per heavy atom. The van der Waals surface area contributed by atoms with Crippen LogP contribution in [0.25, 0.3) is 0 Å². The number of methoxy groups -OCH3 is 1. The van der Waals surface area contributed by atoms with Gasteiger partial charge in [0, 0.05) is 18.9 Å². The molecule has 1 aromatic heterocycles. The molecule has 0 spiro atoms. The van der Waals surface area contributed by atoms with Crippen molar-refractivity contribution in [2.24, 2.45) is 0 Å². The summed E-state index contributed by atoms with van der Waals surface area (Å²) in [7, 11) is 1.67. The molecule has 0 saturated carbocycles. The number of aryl methyl sites for hydroxylation is 1. The van der Waals surface area contributed by atoms with Crippen molar-refractivity contribution in [3.05, 3.63) is 53.9 Å². The van der Waals surface area contributed by atoms with Crippen LogP contribution in [0.3, 0.4) is 0 Å². The molecule has 1 aromatic carbocycles. The maximum atomic E-state index is 5.12. The van der Waals surface area contributed by atoms with Crippen LogP contribution in [0.4, 0.5) is 5.69 Å². The molecule has 0 amide bonds. The van der Waals surface area contributed by atoms with Crippen molar-refractivity contribution in [3.63, 3.8) is 0 Å². The van der Waals surface area contributed by atoms with Gasteiger partial charge in [-0.25, -0.2) is 0 Å². The van der Waals surface area contributed by atoms with Gasteiger partial charge < -0.3 is 10.1 Å². The van der Waals surface area contributed by atoms with Crippen LogP contribution >= 0.6 is 0 Å². The second kappa shape index (κ2) is 5.34. The zero-order valence-corrected chi connectivity index (χ0v) is 10.1. The molecule has 0 aliphatic rings. The molecule has 2 aromatic rings. The summed E-state index contributed by atoms with van der Waals surface area (Å²) < 4.78 is 5.12. The van der Waals surface area contributed by atoms with Gasteiger partial charge in [0.05, 0.1) is 12.8 Å². The van der Waals surface area contributed by atoms with Crippen molar-refractivity contribution >= 4 is 5.69 Å². The summed E-state index contributed by atoms with van der Waals surface area (Å²) in [5.41, 5.74) is 3.41. The van der Waals surface area contributed by atoms with E-state index in [9.17, 15) is 0 Å². The summed E-state index contributed by atoms with van der Waals surface area (Å²) >= 11 is 0. The first kappa shape index (κ1) is 11.5. The number of ether oxygens (including phenoxy) is 1. The van der Waals surface area contributed by atoms with E-state index < -0.39 is 0 Å². The molecule has 0 saturated heterocycles. The van der Waals surface area contributed by atoms with Crippen LogP contribution in [-0.4, -0.2) is 12.1 Å². The van der Waals surface area contributed by atoms with Crippen molar-refractivity contribution in [1.82, 2.24) is 4.98 Å². The molecule has 0 radical (unpaired) electrons. The largest absolute Gasteiger partial charge is 0.497 e. The highest BCUT2D eigenvalue weighted by Crippen LogP contribution is 2.13. The monoisotopic (exact) mass is 228 g/mol. The number of benzene rings is 1. The number of aromatic nitrogens is 1. The Morgan fingerprint density at radius 3 is 2.59 bits per heavy atom. The minimum absolute atomic E-state index is 0.787. The van der Waals surface area contributed by atoms with E-state index in [1.807, 2.05) is 31.5 Å². The minimum atomic E-state index is 0.787. The molecule has 0 atom stereocenters. The standard InChI is InChI=1S/C14H16N2O/c1-11-7-13(10-15-8-11)16-9-12-3-5-14(17-2)6-4-12/h3-8,10,16H,9H2,1-2H3. The topological polar surface area (TPSA) is 34.1 Å². The molecule has 1 heterocycles. The number of anilines is 1. The Morgan fingerprint density at radius 1 is 1.18 bits per heavy atom. The Balaban J connectivity index is 1.97. The Bertz CT molecular complexity index is 480. The lowest BCUT2D eigenvalue weighted by Gasteiger charge is -2.07. The summed E-state index contributed by atoms with van der Waals surface area (Å²) in [6, 6.07) is 10.1. The molecule has 2 rings (SSSR count). The zero-order valence-electron chi connectivity index (χ0n) is 10.1. The predicted molar refractivity (Wildman–Crippen MR) is 69.3 cm³/mol. The second-order valence-corrected chi connectivity index (χ2v) is 3.95. The molecule has 0 aliphatic carbocycles. The molecule has 0 bridgehead atoms. The molecule has 0 aliphatic heterocycles. The normalized spacial score (nSPS) is 10.0. The Labute approximate surface area is 101 Å². The zero-order chi connectivity index (χ0) is 12.1.